The lowest BCUT2D eigenvalue weighted by Gasteiger charge is -2.55. The summed E-state index contributed by atoms with van der Waals surface area (Å²) in [6.45, 7) is 5.76. The number of likely N-dealkylation sites (tertiary alicyclic amines) is 1. The van der Waals surface area contributed by atoms with Crippen LogP contribution in [0.25, 0.3) is 0 Å². The highest BCUT2D eigenvalue weighted by molar-refractivity contribution is 5.83. The molecule has 0 N–H and O–H groups in total. The molecule has 24 heavy (non-hydrogen) atoms. The number of amides is 2. The van der Waals surface area contributed by atoms with E-state index in [0.717, 1.165) is 19.3 Å². The van der Waals surface area contributed by atoms with Crippen molar-refractivity contribution in [1.82, 2.24) is 14.9 Å². The van der Waals surface area contributed by atoms with Crippen LogP contribution in [0.4, 0.5) is 0 Å². The molecule has 0 bridgehead atoms. The van der Waals surface area contributed by atoms with Gasteiger partial charge in [0.25, 0.3) is 5.91 Å². The molecule has 1 saturated carbocycles. The molecule has 3 atom stereocenters. The normalized spacial score (nSPS) is 35.7. The van der Waals surface area contributed by atoms with E-state index in [1.165, 1.54) is 5.06 Å². The van der Waals surface area contributed by atoms with Crippen molar-refractivity contribution in [3.63, 3.8) is 0 Å². The van der Waals surface area contributed by atoms with Crippen molar-refractivity contribution in [2.24, 2.45) is 11.8 Å². The van der Waals surface area contributed by atoms with Gasteiger partial charge in [-0.2, -0.15) is 0 Å². The van der Waals surface area contributed by atoms with E-state index >= 15 is 0 Å². The van der Waals surface area contributed by atoms with Crippen molar-refractivity contribution >= 4 is 11.8 Å². The molecule has 0 aromatic rings. The number of rotatable bonds is 2. The first kappa shape index (κ1) is 16.3. The molecule has 7 heteroatoms. The molecule has 0 radical (unpaired) electrons. The zero-order chi connectivity index (χ0) is 16.9. The SMILES string of the molecule is C[C@@H]1C[C@H]1C(=O)N1CC2(C1)CN(C)[C@H](C(=O)N1CCCCO1)CO2. The van der Waals surface area contributed by atoms with Crippen LogP contribution in [0.1, 0.15) is 26.2 Å². The van der Waals surface area contributed by atoms with Crippen LogP contribution in [0.15, 0.2) is 0 Å². The predicted molar refractivity (Wildman–Crippen MR) is 85.9 cm³/mol. The zero-order valence-corrected chi connectivity index (χ0v) is 14.6. The van der Waals surface area contributed by atoms with Gasteiger partial charge in [-0.05, 0) is 32.2 Å². The van der Waals surface area contributed by atoms with Crippen LogP contribution in [-0.2, 0) is 19.2 Å². The van der Waals surface area contributed by atoms with E-state index in [1.807, 2.05) is 11.9 Å². The Kier molecular flexibility index (Phi) is 4.05. The summed E-state index contributed by atoms with van der Waals surface area (Å²) in [5.74, 6) is 1.04. The Morgan fingerprint density at radius 1 is 1.12 bits per heavy atom. The fraction of sp³-hybridized carbons (Fsp3) is 0.882. The summed E-state index contributed by atoms with van der Waals surface area (Å²) in [6.07, 6.45) is 3.02. The van der Waals surface area contributed by atoms with Gasteiger partial charge in [0.15, 0.2) is 0 Å². The number of hydrogen-bond donors (Lipinski definition) is 0. The van der Waals surface area contributed by atoms with E-state index in [-0.39, 0.29) is 29.4 Å². The van der Waals surface area contributed by atoms with Crippen molar-refractivity contribution in [3.8, 4) is 0 Å². The van der Waals surface area contributed by atoms with Crippen LogP contribution in [0, 0.1) is 11.8 Å². The largest absolute Gasteiger partial charge is 0.368 e. The third-order valence-electron chi connectivity index (χ3n) is 5.85. The second-order valence-electron chi connectivity index (χ2n) is 7.92. The zero-order valence-electron chi connectivity index (χ0n) is 14.6. The molecular formula is C17H27N3O4. The standard InChI is InChI=1S/C17H27N3O4/c1-12-7-13(12)15(21)19-10-17(11-19)9-18(2)14(8-23-17)16(22)20-5-3-4-6-24-20/h12-14H,3-11H2,1-2H3/t12-,13-,14+/m1/s1. The number of hydrogen-bond acceptors (Lipinski definition) is 5. The molecule has 7 nitrogen and oxygen atoms in total. The first-order valence-corrected chi connectivity index (χ1v) is 9.06. The van der Waals surface area contributed by atoms with E-state index in [9.17, 15) is 9.59 Å². The predicted octanol–water partition coefficient (Wildman–Crippen LogP) is 0.108. The monoisotopic (exact) mass is 337 g/mol. The quantitative estimate of drug-likeness (QED) is 0.716. The van der Waals surface area contributed by atoms with Gasteiger partial charge < -0.3 is 9.64 Å². The number of morpholine rings is 1. The average Bonchev–Trinajstić information content (AvgIpc) is 3.29. The van der Waals surface area contributed by atoms with Crippen LogP contribution in [0.5, 0.6) is 0 Å². The minimum absolute atomic E-state index is 0.00823. The molecule has 0 aromatic carbocycles. The molecule has 4 aliphatic rings. The number of likely N-dealkylation sites (N-methyl/N-ethyl adjacent to an activating group) is 1. The van der Waals surface area contributed by atoms with Crippen molar-refractivity contribution in [1.29, 1.82) is 0 Å². The maximum Gasteiger partial charge on any atom is 0.265 e. The van der Waals surface area contributed by atoms with Gasteiger partial charge >= 0.3 is 0 Å². The van der Waals surface area contributed by atoms with Crippen molar-refractivity contribution in [3.05, 3.63) is 0 Å². The highest BCUT2D eigenvalue weighted by Gasteiger charge is 2.54. The summed E-state index contributed by atoms with van der Waals surface area (Å²) in [5.41, 5.74) is -0.290. The van der Waals surface area contributed by atoms with Gasteiger partial charge in [-0.3, -0.25) is 19.3 Å². The Labute approximate surface area is 142 Å². The van der Waals surface area contributed by atoms with Gasteiger partial charge in [-0.25, -0.2) is 5.06 Å². The number of carbonyl (C=O) groups is 2. The van der Waals surface area contributed by atoms with E-state index in [0.29, 0.717) is 45.3 Å². The van der Waals surface area contributed by atoms with E-state index < -0.39 is 0 Å². The summed E-state index contributed by atoms with van der Waals surface area (Å²) in [6, 6.07) is -0.290. The summed E-state index contributed by atoms with van der Waals surface area (Å²) in [5, 5.41) is 1.50. The highest BCUT2D eigenvalue weighted by Crippen LogP contribution is 2.42. The lowest BCUT2D eigenvalue weighted by molar-refractivity contribution is -0.224. The van der Waals surface area contributed by atoms with E-state index in [1.54, 1.807) is 0 Å². The average molecular weight is 337 g/mol. The first-order chi connectivity index (χ1) is 11.5. The molecule has 0 unspecified atom stereocenters. The number of nitrogens with zero attached hydrogens (tertiary/aromatic N) is 3. The van der Waals surface area contributed by atoms with Crippen LogP contribution in [0.2, 0.25) is 0 Å². The molecular weight excluding hydrogens is 310 g/mol. The third kappa shape index (κ3) is 2.82. The lowest BCUT2D eigenvalue weighted by Crippen LogP contribution is -2.73. The maximum absolute atomic E-state index is 12.6. The maximum atomic E-state index is 12.6. The summed E-state index contributed by atoms with van der Waals surface area (Å²) in [4.78, 5) is 34.3. The molecule has 1 spiro atoms. The van der Waals surface area contributed by atoms with Gasteiger partial charge in [0.2, 0.25) is 5.91 Å². The summed E-state index contributed by atoms with van der Waals surface area (Å²) in [7, 11) is 1.96. The molecule has 4 rings (SSSR count). The van der Waals surface area contributed by atoms with Gasteiger partial charge in [0.1, 0.15) is 11.6 Å². The van der Waals surface area contributed by atoms with E-state index in [2.05, 4.69) is 11.8 Å². The Bertz CT molecular complexity index is 528. The van der Waals surface area contributed by atoms with Gasteiger partial charge in [0, 0.05) is 19.0 Å². The Hall–Kier alpha value is -1.18. The number of carbonyl (C=O) groups excluding carboxylic acids is 2. The highest BCUT2D eigenvalue weighted by atomic mass is 16.7. The number of ether oxygens (including phenoxy) is 1. The second kappa shape index (κ2) is 5.97. The molecule has 1 aliphatic carbocycles. The minimum atomic E-state index is -0.290. The smallest absolute Gasteiger partial charge is 0.265 e. The Morgan fingerprint density at radius 2 is 1.88 bits per heavy atom. The van der Waals surface area contributed by atoms with E-state index in [4.69, 9.17) is 9.57 Å². The third-order valence-corrected chi connectivity index (χ3v) is 5.85. The van der Waals surface area contributed by atoms with Crippen LogP contribution in [-0.4, -0.2) is 84.8 Å². The second-order valence-corrected chi connectivity index (χ2v) is 7.92. The summed E-state index contributed by atoms with van der Waals surface area (Å²) < 4.78 is 6.07. The van der Waals surface area contributed by atoms with Gasteiger partial charge in [0.05, 0.1) is 26.3 Å². The van der Waals surface area contributed by atoms with Crippen molar-refractivity contribution in [2.75, 3.05) is 46.4 Å². The molecule has 0 aromatic heterocycles. The van der Waals surface area contributed by atoms with Gasteiger partial charge in [-0.15, -0.1) is 0 Å². The lowest BCUT2D eigenvalue weighted by atomic mass is 9.90. The Balaban J connectivity index is 1.30. The fourth-order valence-electron chi connectivity index (χ4n) is 4.09. The molecule has 134 valence electrons. The van der Waals surface area contributed by atoms with Crippen LogP contribution < -0.4 is 0 Å². The fourth-order valence-corrected chi connectivity index (χ4v) is 4.09. The molecule has 3 heterocycles. The molecule has 2 amide bonds. The molecule has 4 fully saturated rings. The first-order valence-electron chi connectivity index (χ1n) is 9.06. The minimum Gasteiger partial charge on any atom is -0.368 e. The van der Waals surface area contributed by atoms with Gasteiger partial charge in [-0.1, -0.05) is 6.92 Å². The van der Waals surface area contributed by atoms with Crippen LogP contribution in [0.3, 0.4) is 0 Å². The summed E-state index contributed by atoms with van der Waals surface area (Å²) >= 11 is 0. The number of hydroxylamine groups is 2. The van der Waals surface area contributed by atoms with Crippen LogP contribution >= 0.6 is 0 Å². The van der Waals surface area contributed by atoms with Crippen molar-refractivity contribution in [2.45, 2.75) is 37.8 Å². The van der Waals surface area contributed by atoms with Crippen molar-refractivity contribution < 1.29 is 19.2 Å². The topological polar surface area (TPSA) is 62.3 Å². The molecule has 3 aliphatic heterocycles. The Morgan fingerprint density at radius 3 is 2.46 bits per heavy atom. The molecule has 3 saturated heterocycles.